The third kappa shape index (κ3) is 5.14. The lowest BCUT2D eigenvalue weighted by atomic mass is 9.70. The molecule has 1 aliphatic carbocycles. The van der Waals surface area contributed by atoms with Gasteiger partial charge in [0.25, 0.3) is 0 Å². The lowest BCUT2D eigenvalue weighted by Crippen LogP contribution is -2.36. The van der Waals surface area contributed by atoms with Gasteiger partial charge in [-0.25, -0.2) is 4.79 Å². The quantitative estimate of drug-likeness (QED) is 0.448. The summed E-state index contributed by atoms with van der Waals surface area (Å²) in [5, 5.41) is 0. The number of methoxy groups -OCH3 is 1. The number of rotatable bonds is 7. The van der Waals surface area contributed by atoms with Crippen LogP contribution < -0.4 is 15.2 Å². The van der Waals surface area contributed by atoms with Crippen LogP contribution in [0.25, 0.3) is 0 Å². The summed E-state index contributed by atoms with van der Waals surface area (Å²) in [6.07, 6.45) is 0.835. The second-order valence-corrected chi connectivity index (χ2v) is 10.5. The van der Waals surface area contributed by atoms with E-state index < -0.39 is 11.9 Å². The molecule has 2 aromatic rings. The van der Waals surface area contributed by atoms with Crippen LogP contribution in [0, 0.1) is 5.41 Å². The summed E-state index contributed by atoms with van der Waals surface area (Å²) in [6, 6.07) is 13.2. The molecule has 0 aromatic heterocycles. The second-order valence-electron chi connectivity index (χ2n) is 9.61. The third-order valence-electron chi connectivity index (χ3n) is 6.29. The minimum Gasteiger partial charge on any atom is -0.493 e. The maximum absolute atomic E-state index is 13.5. The molecule has 36 heavy (non-hydrogen) atoms. The molecule has 0 fully saturated rings. The summed E-state index contributed by atoms with van der Waals surface area (Å²) >= 11 is 3.44. The van der Waals surface area contributed by atoms with E-state index in [0.29, 0.717) is 41.2 Å². The molecule has 1 atom stereocenters. The van der Waals surface area contributed by atoms with Crippen LogP contribution >= 0.6 is 15.9 Å². The topological polar surface area (TPSA) is 97.1 Å². The van der Waals surface area contributed by atoms with Gasteiger partial charge in [-0.05, 0) is 36.1 Å². The SMILES string of the molecule is CCOC(=O)C1=C(N)OC2=C(C(=O)CC(C)(C)C2)C1c1cccc(OC)c1OCc1ccc(Br)cc1. The zero-order valence-electron chi connectivity index (χ0n) is 20.9. The number of ether oxygens (including phenoxy) is 4. The molecule has 2 aliphatic rings. The van der Waals surface area contributed by atoms with Crippen LogP contribution in [0.5, 0.6) is 11.5 Å². The Labute approximate surface area is 219 Å². The number of ketones is 1. The molecular weight excluding hydrogens is 526 g/mol. The molecule has 2 N–H and O–H groups in total. The molecule has 8 heteroatoms. The van der Waals surface area contributed by atoms with Crippen molar-refractivity contribution in [1.29, 1.82) is 0 Å². The molecule has 1 unspecified atom stereocenters. The van der Waals surface area contributed by atoms with Gasteiger partial charge in [0.15, 0.2) is 17.3 Å². The number of allylic oxidation sites excluding steroid dienone is 2. The van der Waals surface area contributed by atoms with Crippen molar-refractivity contribution < 1.29 is 28.5 Å². The number of para-hydroxylation sites is 1. The van der Waals surface area contributed by atoms with E-state index in [4.69, 9.17) is 24.7 Å². The van der Waals surface area contributed by atoms with Gasteiger partial charge in [-0.2, -0.15) is 0 Å². The number of halogens is 1. The number of carbonyl (C=O) groups is 2. The highest BCUT2D eigenvalue weighted by Crippen LogP contribution is 2.51. The molecule has 1 heterocycles. The van der Waals surface area contributed by atoms with Gasteiger partial charge in [0.1, 0.15) is 17.9 Å². The first-order valence-corrected chi connectivity index (χ1v) is 12.6. The molecule has 0 saturated heterocycles. The van der Waals surface area contributed by atoms with Gasteiger partial charge in [0.2, 0.25) is 5.88 Å². The average Bonchev–Trinajstić information content (AvgIpc) is 2.81. The van der Waals surface area contributed by atoms with Crippen molar-refractivity contribution >= 4 is 27.7 Å². The summed E-state index contributed by atoms with van der Waals surface area (Å²) in [5.41, 5.74) is 8.05. The molecule has 1 aliphatic heterocycles. The van der Waals surface area contributed by atoms with Gasteiger partial charge in [-0.1, -0.05) is 54.0 Å². The van der Waals surface area contributed by atoms with Crippen molar-refractivity contribution in [3.05, 3.63) is 80.9 Å². The monoisotopic (exact) mass is 555 g/mol. The molecule has 0 saturated carbocycles. The number of hydrogen-bond donors (Lipinski definition) is 1. The standard InChI is InChI=1S/C28H30BrNO6/c1-5-34-27(32)24-22(23-19(31)13-28(2,3)14-21(23)36-26(24)30)18-7-6-8-20(33-4)25(18)35-15-16-9-11-17(29)12-10-16/h6-12,22H,5,13-15,30H2,1-4H3. The van der Waals surface area contributed by atoms with E-state index in [1.54, 1.807) is 26.2 Å². The van der Waals surface area contributed by atoms with Gasteiger partial charge in [0, 0.05) is 28.5 Å². The molecule has 7 nitrogen and oxygen atoms in total. The van der Waals surface area contributed by atoms with E-state index in [2.05, 4.69) is 15.9 Å². The number of hydrogen-bond acceptors (Lipinski definition) is 7. The van der Waals surface area contributed by atoms with Gasteiger partial charge < -0.3 is 24.7 Å². The Bertz CT molecular complexity index is 1250. The fourth-order valence-corrected chi connectivity index (χ4v) is 4.98. The van der Waals surface area contributed by atoms with E-state index in [-0.39, 0.29) is 35.9 Å². The molecule has 0 spiro atoms. The number of esters is 1. The molecule has 0 radical (unpaired) electrons. The third-order valence-corrected chi connectivity index (χ3v) is 6.82. The van der Waals surface area contributed by atoms with Crippen LogP contribution in [0.3, 0.4) is 0 Å². The highest BCUT2D eigenvalue weighted by molar-refractivity contribution is 9.10. The van der Waals surface area contributed by atoms with Crippen LogP contribution in [-0.4, -0.2) is 25.5 Å². The second kappa shape index (κ2) is 10.4. The van der Waals surface area contributed by atoms with E-state index in [9.17, 15) is 9.59 Å². The minimum atomic E-state index is -0.814. The summed E-state index contributed by atoms with van der Waals surface area (Å²) in [7, 11) is 1.55. The smallest absolute Gasteiger partial charge is 0.340 e. The van der Waals surface area contributed by atoms with Crippen LogP contribution in [0.4, 0.5) is 0 Å². The highest BCUT2D eigenvalue weighted by Gasteiger charge is 2.46. The lowest BCUT2D eigenvalue weighted by molar-refractivity contribution is -0.139. The fraction of sp³-hybridized carbons (Fsp3) is 0.357. The summed E-state index contributed by atoms with van der Waals surface area (Å²) in [4.78, 5) is 26.6. The average molecular weight is 556 g/mol. The Kier molecular flexibility index (Phi) is 7.45. The minimum absolute atomic E-state index is 0.0654. The van der Waals surface area contributed by atoms with Crippen molar-refractivity contribution in [2.75, 3.05) is 13.7 Å². The van der Waals surface area contributed by atoms with Crippen molar-refractivity contribution in [2.24, 2.45) is 11.1 Å². The molecule has 0 bridgehead atoms. The normalized spacial score (nSPS) is 18.9. The van der Waals surface area contributed by atoms with E-state index in [1.807, 2.05) is 44.2 Å². The van der Waals surface area contributed by atoms with Gasteiger partial charge >= 0.3 is 5.97 Å². The van der Waals surface area contributed by atoms with Crippen LogP contribution in [0.1, 0.15) is 50.7 Å². The zero-order valence-corrected chi connectivity index (χ0v) is 22.4. The summed E-state index contributed by atoms with van der Waals surface area (Å²) in [6.45, 7) is 6.13. The first-order chi connectivity index (χ1) is 17.1. The predicted octanol–water partition coefficient (Wildman–Crippen LogP) is 5.53. The lowest BCUT2D eigenvalue weighted by Gasteiger charge is -2.38. The maximum atomic E-state index is 13.5. The number of nitrogens with two attached hydrogens (primary N) is 1. The van der Waals surface area contributed by atoms with Crippen LogP contribution in [0.15, 0.2) is 69.7 Å². The van der Waals surface area contributed by atoms with Crippen molar-refractivity contribution in [1.82, 2.24) is 0 Å². The Hall–Kier alpha value is -3.26. The molecule has 0 amide bonds. The molecule has 4 rings (SSSR count). The largest absolute Gasteiger partial charge is 0.493 e. The Morgan fingerprint density at radius 2 is 1.89 bits per heavy atom. The first-order valence-electron chi connectivity index (χ1n) is 11.8. The number of carbonyl (C=O) groups excluding carboxylic acids is 2. The maximum Gasteiger partial charge on any atom is 0.340 e. The van der Waals surface area contributed by atoms with Crippen molar-refractivity contribution in [3.63, 3.8) is 0 Å². The summed E-state index contributed by atoms with van der Waals surface area (Å²) < 4.78 is 24.1. The van der Waals surface area contributed by atoms with E-state index in [1.165, 1.54) is 0 Å². The number of benzene rings is 2. The van der Waals surface area contributed by atoms with E-state index >= 15 is 0 Å². The Balaban J connectivity index is 1.86. The highest BCUT2D eigenvalue weighted by atomic mass is 79.9. The van der Waals surface area contributed by atoms with Crippen LogP contribution in [-0.2, 0) is 25.7 Å². The van der Waals surface area contributed by atoms with Gasteiger partial charge in [-0.15, -0.1) is 0 Å². The van der Waals surface area contributed by atoms with Crippen molar-refractivity contribution in [2.45, 2.75) is 46.1 Å². The number of Topliss-reactive ketones (excluding diaryl/α,β-unsaturated/α-hetero) is 1. The van der Waals surface area contributed by atoms with Gasteiger partial charge in [0.05, 0.1) is 19.6 Å². The first kappa shape index (κ1) is 25.8. The van der Waals surface area contributed by atoms with E-state index in [0.717, 1.165) is 10.0 Å². The zero-order chi connectivity index (χ0) is 26.0. The van der Waals surface area contributed by atoms with Crippen LogP contribution in [0.2, 0.25) is 0 Å². The molecular formula is C28H30BrNO6. The fourth-order valence-electron chi connectivity index (χ4n) is 4.71. The Morgan fingerprint density at radius 3 is 2.56 bits per heavy atom. The molecule has 2 aromatic carbocycles. The predicted molar refractivity (Wildman–Crippen MR) is 138 cm³/mol. The molecule has 190 valence electrons. The summed E-state index contributed by atoms with van der Waals surface area (Å²) in [5.74, 6) is -0.227. The van der Waals surface area contributed by atoms with Gasteiger partial charge in [-0.3, -0.25) is 4.79 Å². The Morgan fingerprint density at radius 1 is 1.17 bits per heavy atom. The van der Waals surface area contributed by atoms with Crippen molar-refractivity contribution in [3.8, 4) is 11.5 Å².